The minimum Gasteiger partial charge on any atom is -0.321 e. The maximum Gasteiger partial charge on any atom is 0.433 e. The number of benzene rings is 2. The summed E-state index contributed by atoms with van der Waals surface area (Å²) in [5.74, 6) is -0.634. The minimum absolute atomic E-state index is 0.0937. The molecule has 2 heterocycles. The molecule has 0 fully saturated rings. The summed E-state index contributed by atoms with van der Waals surface area (Å²) in [4.78, 5) is 16.8. The third kappa shape index (κ3) is 3.99. The average Bonchev–Trinajstić information content (AvgIpc) is 3.13. The first kappa shape index (κ1) is 19.9. The number of carbonyl (C=O) groups excluding carboxylic acids is 1. The average molecular weight is 431 g/mol. The Balaban J connectivity index is 1.77. The molecule has 30 heavy (non-hydrogen) atoms. The third-order valence-corrected chi connectivity index (χ3v) is 4.65. The molecule has 4 aromatic rings. The molecule has 0 aliphatic rings. The van der Waals surface area contributed by atoms with Crippen molar-refractivity contribution in [1.82, 2.24) is 14.6 Å². The van der Waals surface area contributed by atoms with Crippen molar-refractivity contribution in [3.05, 3.63) is 82.6 Å². The molecule has 0 unspecified atom stereocenters. The molecule has 2 aromatic carbocycles. The number of amides is 1. The van der Waals surface area contributed by atoms with Crippen LogP contribution in [-0.4, -0.2) is 20.5 Å². The van der Waals surface area contributed by atoms with E-state index >= 15 is 0 Å². The molecule has 0 aliphatic carbocycles. The number of fused-ring (bicyclic) bond motifs is 1. The number of nitrogens with zero attached hydrogens (tertiary/aromatic N) is 3. The molecule has 0 aliphatic heterocycles. The standard InChI is InChI=1S/C21H14ClF3N4O/c1-12-2-8-15(9-3-12)26-20(30)17-11-19-27-16(13-4-6-14(22)7-5-13)10-18(21(23,24)25)29(19)28-17/h2-11H,1H3,(H,26,30). The number of carbonyl (C=O) groups is 1. The van der Waals surface area contributed by atoms with Crippen LogP contribution in [0.2, 0.25) is 5.02 Å². The summed E-state index contributed by atoms with van der Waals surface area (Å²) >= 11 is 5.85. The molecule has 0 spiro atoms. The van der Waals surface area contributed by atoms with Crippen LogP contribution < -0.4 is 5.32 Å². The molecule has 0 saturated heterocycles. The van der Waals surface area contributed by atoms with Crippen LogP contribution in [0.3, 0.4) is 0 Å². The first-order chi connectivity index (χ1) is 14.2. The monoisotopic (exact) mass is 430 g/mol. The van der Waals surface area contributed by atoms with E-state index in [0.29, 0.717) is 20.8 Å². The highest BCUT2D eigenvalue weighted by Crippen LogP contribution is 2.32. The van der Waals surface area contributed by atoms with Crippen molar-refractivity contribution in [2.75, 3.05) is 5.32 Å². The van der Waals surface area contributed by atoms with E-state index in [1.54, 1.807) is 48.5 Å². The van der Waals surface area contributed by atoms with Crippen LogP contribution in [0.15, 0.2) is 60.7 Å². The Hall–Kier alpha value is -3.39. The Kier molecular flexibility index (Phi) is 4.95. The topological polar surface area (TPSA) is 59.3 Å². The summed E-state index contributed by atoms with van der Waals surface area (Å²) in [5, 5.41) is 6.92. The number of hydrogen-bond donors (Lipinski definition) is 1. The van der Waals surface area contributed by atoms with E-state index in [2.05, 4.69) is 15.4 Å². The molecule has 0 atom stereocenters. The van der Waals surface area contributed by atoms with E-state index in [1.807, 2.05) is 6.92 Å². The van der Waals surface area contributed by atoms with Gasteiger partial charge in [-0.1, -0.05) is 41.4 Å². The van der Waals surface area contributed by atoms with Crippen molar-refractivity contribution in [1.29, 1.82) is 0 Å². The van der Waals surface area contributed by atoms with Gasteiger partial charge in [0.05, 0.1) is 5.69 Å². The molecular weight excluding hydrogens is 417 g/mol. The van der Waals surface area contributed by atoms with Gasteiger partial charge in [-0.05, 0) is 37.3 Å². The van der Waals surface area contributed by atoms with Gasteiger partial charge in [-0.15, -0.1) is 0 Å². The Labute approximate surface area is 174 Å². The summed E-state index contributed by atoms with van der Waals surface area (Å²) in [5.41, 5.74) is 0.761. The molecule has 1 N–H and O–H groups in total. The Bertz CT molecular complexity index is 1230. The molecule has 0 bridgehead atoms. The molecule has 5 nitrogen and oxygen atoms in total. The van der Waals surface area contributed by atoms with Gasteiger partial charge in [0, 0.05) is 22.3 Å². The summed E-state index contributed by atoms with van der Waals surface area (Å²) in [6.45, 7) is 1.90. The number of alkyl halides is 3. The zero-order valence-electron chi connectivity index (χ0n) is 15.5. The lowest BCUT2D eigenvalue weighted by atomic mass is 10.1. The lowest BCUT2D eigenvalue weighted by Gasteiger charge is -2.11. The fourth-order valence-electron chi connectivity index (χ4n) is 2.89. The van der Waals surface area contributed by atoms with Crippen molar-refractivity contribution in [2.45, 2.75) is 13.1 Å². The number of hydrogen-bond acceptors (Lipinski definition) is 3. The van der Waals surface area contributed by atoms with Crippen LogP contribution in [0.5, 0.6) is 0 Å². The molecule has 0 saturated carbocycles. The fraction of sp³-hybridized carbons (Fsp3) is 0.0952. The van der Waals surface area contributed by atoms with Gasteiger partial charge in [-0.25, -0.2) is 9.50 Å². The van der Waals surface area contributed by atoms with E-state index in [9.17, 15) is 18.0 Å². The Morgan fingerprint density at radius 1 is 1.03 bits per heavy atom. The zero-order valence-corrected chi connectivity index (χ0v) is 16.3. The molecule has 4 rings (SSSR count). The molecule has 0 radical (unpaired) electrons. The van der Waals surface area contributed by atoms with E-state index < -0.39 is 17.8 Å². The van der Waals surface area contributed by atoms with Crippen LogP contribution in [0.4, 0.5) is 18.9 Å². The van der Waals surface area contributed by atoms with Crippen LogP contribution in [0.1, 0.15) is 21.7 Å². The van der Waals surface area contributed by atoms with Crippen molar-refractivity contribution in [3.63, 3.8) is 0 Å². The lowest BCUT2D eigenvalue weighted by Crippen LogP contribution is -2.15. The smallest absolute Gasteiger partial charge is 0.321 e. The Morgan fingerprint density at radius 3 is 2.33 bits per heavy atom. The van der Waals surface area contributed by atoms with Gasteiger partial charge in [0.15, 0.2) is 17.0 Å². The Morgan fingerprint density at radius 2 is 1.70 bits per heavy atom. The van der Waals surface area contributed by atoms with Crippen molar-refractivity contribution in [3.8, 4) is 11.3 Å². The zero-order chi connectivity index (χ0) is 21.5. The third-order valence-electron chi connectivity index (χ3n) is 4.40. The highest BCUT2D eigenvalue weighted by atomic mass is 35.5. The predicted octanol–water partition coefficient (Wildman–Crippen LogP) is 5.63. The summed E-state index contributed by atoms with van der Waals surface area (Å²) < 4.78 is 41.6. The maximum atomic E-state index is 13.7. The van der Waals surface area contributed by atoms with Gasteiger partial charge in [-0.3, -0.25) is 4.79 Å². The number of aromatic nitrogens is 3. The SMILES string of the molecule is Cc1ccc(NC(=O)c2cc3nc(-c4ccc(Cl)cc4)cc(C(F)(F)F)n3n2)cc1. The minimum atomic E-state index is -4.70. The fourth-order valence-corrected chi connectivity index (χ4v) is 3.01. The van der Waals surface area contributed by atoms with Gasteiger partial charge >= 0.3 is 6.18 Å². The van der Waals surface area contributed by atoms with Gasteiger partial charge < -0.3 is 5.32 Å². The lowest BCUT2D eigenvalue weighted by molar-refractivity contribution is -0.142. The quantitative estimate of drug-likeness (QED) is 0.458. The van der Waals surface area contributed by atoms with Crippen LogP contribution in [0.25, 0.3) is 16.9 Å². The normalized spacial score (nSPS) is 11.6. The first-order valence-electron chi connectivity index (χ1n) is 8.83. The second-order valence-corrected chi connectivity index (χ2v) is 7.09. The van der Waals surface area contributed by atoms with Gasteiger partial charge in [0.25, 0.3) is 5.91 Å². The van der Waals surface area contributed by atoms with E-state index in [4.69, 9.17) is 11.6 Å². The van der Waals surface area contributed by atoms with E-state index in [-0.39, 0.29) is 17.0 Å². The van der Waals surface area contributed by atoms with Crippen molar-refractivity contribution < 1.29 is 18.0 Å². The summed E-state index contributed by atoms with van der Waals surface area (Å²) in [6.07, 6.45) is -4.70. The number of halogens is 4. The van der Waals surface area contributed by atoms with Crippen molar-refractivity contribution >= 4 is 28.8 Å². The highest BCUT2D eigenvalue weighted by Gasteiger charge is 2.35. The van der Waals surface area contributed by atoms with Crippen molar-refractivity contribution in [2.24, 2.45) is 0 Å². The van der Waals surface area contributed by atoms with E-state index in [1.165, 1.54) is 6.07 Å². The molecular formula is C21H14ClF3N4O. The van der Waals surface area contributed by atoms with Crippen LogP contribution in [-0.2, 0) is 6.18 Å². The number of rotatable bonds is 3. The van der Waals surface area contributed by atoms with Crippen LogP contribution >= 0.6 is 11.6 Å². The van der Waals surface area contributed by atoms with Gasteiger partial charge in [0.1, 0.15) is 0 Å². The maximum absolute atomic E-state index is 13.7. The highest BCUT2D eigenvalue weighted by molar-refractivity contribution is 6.30. The molecule has 152 valence electrons. The van der Waals surface area contributed by atoms with E-state index in [0.717, 1.165) is 11.6 Å². The van der Waals surface area contributed by atoms with Crippen LogP contribution in [0, 0.1) is 6.92 Å². The summed E-state index contributed by atoms with van der Waals surface area (Å²) in [6, 6.07) is 15.4. The first-order valence-corrected chi connectivity index (χ1v) is 9.20. The van der Waals surface area contributed by atoms with Gasteiger partial charge in [-0.2, -0.15) is 18.3 Å². The molecule has 9 heteroatoms. The number of nitrogens with one attached hydrogen (secondary N) is 1. The second kappa shape index (κ2) is 7.46. The number of anilines is 1. The molecule has 2 aromatic heterocycles. The van der Waals surface area contributed by atoms with Gasteiger partial charge in [0.2, 0.25) is 0 Å². The number of aryl methyl sites for hydroxylation is 1. The predicted molar refractivity (Wildman–Crippen MR) is 108 cm³/mol. The second-order valence-electron chi connectivity index (χ2n) is 6.65. The molecule has 1 amide bonds. The largest absolute Gasteiger partial charge is 0.433 e. The summed E-state index contributed by atoms with van der Waals surface area (Å²) in [7, 11) is 0.